The molecule has 0 atom stereocenters. The molecular formula is C13H16BNO3S. The topological polar surface area (TPSA) is 61.7 Å². The van der Waals surface area contributed by atoms with Crippen molar-refractivity contribution >= 4 is 29.8 Å². The lowest BCUT2D eigenvalue weighted by atomic mass is 9.94. The van der Waals surface area contributed by atoms with Crippen LogP contribution in [0.15, 0.2) is 41.3 Å². The number of ether oxygens (including phenoxy) is 1. The third-order valence-corrected chi connectivity index (χ3v) is 3.52. The average molecular weight is 277 g/mol. The minimum Gasteiger partial charge on any atom is -0.493 e. The standard InChI is InChI=1S/C13H16BNO3S/c1-2-18-12-8-7-10-5-3-4-6-11(10)13(12)19-15-9-14(16)17/h3-8,15-17H,2,9H2,1H3. The molecule has 6 heteroatoms. The van der Waals surface area contributed by atoms with Gasteiger partial charge in [-0.05, 0) is 30.3 Å². The predicted octanol–water partition coefficient (Wildman–Crippen LogP) is 1.85. The van der Waals surface area contributed by atoms with Gasteiger partial charge in [-0.1, -0.05) is 30.3 Å². The highest BCUT2D eigenvalue weighted by molar-refractivity contribution is 7.97. The summed E-state index contributed by atoms with van der Waals surface area (Å²) in [4.78, 5) is 0.959. The fourth-order valence-corrected chi connectivity index (χ4v) is 2.69. The van der Waals surface area contributed by atoms with Gasteiger partial charge in [0.2, 0.25) is 0 Å². The molecule has 0 aromatic heterocycles. The molecule has 0 aliphatic carbocycles. The molecule has 0 heterocycles. The van der Waals surface area contributed by atoms with E-state index in [1.165, 1.54) is 11.9 Å². The number of benzene rings is 2. The summed E-state index contributed by atoms with van der Waals surface area (Å²) in [6, 6.07) is 12.0. The smallest absolute Gasteiger partial charge is 0.467 e. The van der Waals surface area contributed by atoms with Crippen LogP contribution in [0.4, 0.5) is 0 Å². The quantitative estimate of drug-likeness (QED) is 0.555. The molecule has 100 valence electrons. The van der Waals surface area contributed by atoms with Crippen LogP contribution >= 0.6 is 11.9 Å². The van der Waals surface area contributed by atoms with Crippen molar-refractivity contribution in [2.75, 3.05) is 13.1 Å². The summed E-state index contributed by atoms with van der Waals surface area (Å²) in [6.07, 6.45) is 0.0967. The van der Waals surface area contributed by atoms with Gasteiger partial charge in [-0.25, -0.2) is 0 Å². The maximum Gasteiger partial charge on any atom is 0.467 e. The van der Waals surface area contributed by atoms with Gasteiger partial charge < -0.3 is 14.8 Å². The van der Waals surface area contributed by atoms with Gasteiger partial charge in [-0.3, -0.25) is 4.72 Å². The summed E-state index contributed by atoms with van der Waals surface area (Å²) in [5, 5.41) is 19.9. The van der Waals surface area contributed by atoms with E-state index in [0.717, 1.165) is 21.4 Å². The van der Waals surface area contributed by atoms with E-state index in [2.05, 4.69) is 4.72 Å². The van der Waals surface area contributed by atoms with Gasteiger partial charge in [-0.2, -0.15) is 0 Å². The zero-order valence-corrected chi connectivity index (χ0v) is 11.5. The number of hydrogen-bond donors (Lipinski definition) is 3. The molecule has 0 amide bonds. The first kappa shape index (κ1) is 14.2. The Morgan fingerprint density at radius 2 is 2.00 bits per heavy atom. The average Bonchev–Trinajstić information content (AvgIpc) is 2.40. The number of hydrogen-bond acceptors (Lipinski definition) is 5. The number of rotatable bonds is 6. The summed E-state index contributed by atoms with van der Waals surface area (Å²) >= 11 is 1.35. The lowest BCUT2D eigenvalue weighted by Crippen LogP contribution is -2.26. The lowest BCUT2D eigenvalue weighted by Gasteiger charge is -2.13. The van der Waals surface area contributed by atoms with Crippen LogP contribution in [0.5, 0.6) is 5.75 Å². The van der Waals surface area contributed by atoms with Crippen molar-refractivity contribution in [2.24, 2.45) is 0 Å². The van der Waals surface area contributed by atoms with E-state index in [1.54, 1.807) is 0 Å². The largest absolute Gasteiger partial charge is 0.493 e. The van der Waals surface area contributed by atoms with Crippen molar-refractivity contribution in [2.45, 2.75) is 11.8 Å². The minimum atomic E-state index is -1.36. The molecule has 2 aromatic carbocycles. The monoisotopic (exact) mass is 277 g/mol. The van der Waals surface area contributed by atoms with Crippen molar-refractivity contribution in [3.8, 4) is 5.75 Å². The van der Waals surface area contributed by atoms with Gasteiger partial charge in [0.05, 0.1) is 11.5 Å². The van der Waals surface area contributed by atoms with Crippen molar-refractivity contribution < 1.29 is 14.8 Å². The van der Waals surface area contributed by atoms with Crippen LogP contribution in [0.1, 0.15) is 6.92 Å². The van der Waals surface area contributed by atoms with Gasteiger partial charge in [0.25, 0.3) is 0 Å². The molecule has 19 heavy (non-hydrogen) atoms. The summed E-state index contributed by atoms with van der Waals surface area (Å²) in [6.45, 7) is 2.53. The maximum atomic E-state index is 8.86. The zero-order valence-electron chi connectivity index (χ0n) is 10.7. The summed E-state index contributed by atoms with van der Waals surface area (Å²) < 4.78 is 8.55. The second-order valence-electron chi connectivity index (χ2n) is 3.98. The Hall–Kier alpha value is -1.21. The van der Waals surface area contributed by atoms with Crippen LogP contribution < -0.4 is 9.46 Å². The number of nitrogens with one attached hydrogen (secondary N) is 1. The summed E-state index contributed by atoms with van der Waals surface area (Å²) in [5.41, 5.74) is 0. The van der Waals surface area contributed by atoms with E-state index >= 15 is 0 Å². The van der Waals surface area contributed by atoms with Gasteiger partial charge >= 0.3 is 7.12 Å². The number of fused-ring (bicyclic) bond motifs is 1. The fourth-order valence-electron chi connectivity index (χ4n) is 1.79. The first-order valence-corrected chi connectivity index (χ1v) is 6.94. The molecule has 0 unspecified atom stereocenters. The second kappa shape index (κ2) is 6.82. The van der Waals surface area contributed by atoms with Gasteiger partial charge in [0.15, 0.2) is 0 Å². The molecule has 0 aliphatic heterocycles. The molecule has 0 spiro atoms. The van der Waals surface area contributed by atoms with Gasteiger partial charge in [0, 0.05) is 11.8 Å². The van der Waals surface area contributed by atoms with Crippen LogP contribution in [-0.2, 0) is 0 Å². The second-order valence-corrected chi connectivity index (χ2v) is 4.88. The van der Waals surface area contributed by atoms with Crippen molar-refractivity contribution in [3.05, 3.63) is 36.4 Å². The molecule has 0 saturated carbocycles. The molecule has 0 saturated heterocycles. The first-order chi connectivity index (χ1) is 9.22. The zero-order chi connectivity index (χ0) is 13.7. The van der Waals surface area contributed by atoms with Crippen molar-refractivity contribution in [1.82, 2.24) is 4.72 Å². The molecule has 2 rings (SSSR count). The third-order valence-electron chi connectivity index (χ3n) is 2.58. The van der Waals surface area contributed by atoms with Crippen LogP contribution in [0.25, 0.3) is 10.8 Å². The highest BCUT2D eigenvalue weighted by atomic mass is 32.2. The van der Waals surface area contributed by atoms with Gasteiger partial charge in [0.1, 0.15) is 5.75 Å². The van der Waals surface area contributed by atoms with E-state index in [0.29, 0.717) is 6.61 Å². The van der Waals surface area contributed by atoms with Crippen LogP contribution in [0, 0.1) is 0 Å². The van der Waals surface area contributed by atoms with Crippen molar-refractivity contribution in [3.63, 3.8) is 0 Å². The molecular weight excluding hydrogens is 261 g/mol. The Morgan fingerprint density at radius 3 is 2.74 bits per heavy atom. The minimum absolute atomic E-state index is 0.0967. The molecule has 0 aliphatic rings. The van der Waals surface area contributed by atoms with E-state index in [9.17, 15) is 0 Å². The molecule has 0 bridgehead atoms. The Kier molecular flexibility index (Phi) is 5.10. The lowest BCUT2D eigenvalue weighted by molar-refractivity contribution is 0.333. The van der Waals surface area contributed by atoms with E-state index < -0.39 is 7.12 Å². The Morgan fingerprint density at radius 1 is 1.21 bits per heavy atom. The highest BCUT2D eigenvalue weighted by Gasteiger charge is 2.11. The first-order valence-electron chi connectivity index (χ1n) is 6.12. The molecule has 3 N–H and O–H groups in total. The molecule has 4 nitrogen and oxygen atoms in total. The molecule has 2 aromatic rings. The van der Waals surface area contributed by atoms with E-state index in [-0.39, 0.29) is 6.44 Å². The van der Waals surface area contributed by atoms with Gasteiger partial charge in [-0.15, -0.1) is 0 Å². The Balaban J connectivity index is 2.32. The predicted molar refractivity (Wildman–Crippen MR) is 79.2 cm³/mol. The third kappa shape index (κ3) is 3.64. The van der Waals surface area contributed by atoms with Crippen LogP contribution in [0.2, 0.25) is 0 Å². The molecule has 0 fully saturated rings. The van der Waals surface area contributed by atoms with E-state index in [1.807, 2.05) is 43.3 Å². The normalized spacial score (nSPS) is 10.7. The summed E-state index contributed by atoms with van der Waals surface area (Å²) in [5.74, 6) is 0.797. The van der Waals surface area contributed by atoms with Crippen LogP contribution in [-0.4, -0.2) is 30.2 Å². The van der Waals surface area contributed by atoms with Crippen LogP contribution in [0.3, 0.4) is 0 Å². The van der Waals surface area contributed by atoms with E-state index in [4.69, 9.17) is 14.8 Å². The Labute approximate surface area is 117 Å². The summed E-state index contributed by atoms with van der Waals surface area (Å²) in [7, 11) is -1.36. The highest BCUT2D eigenvalue weighted by Crippen LogP contribution is 2.35. The maximum absolute atomic E-state index is 8.86. The Bertz CT molecular complexity index is 550. The molecule has 0 radical (unpaired) electrons. The SMILES string of the molecule is CCOc1ccc2ccccc2c1SNCB(O)O. The fraction of sp³-hybridized carbons (Fsp3) is 0.231. The van der Waals surface area contributed by atoms with Crippen molar-refractivity contribution in [1.29, 1.82) is 0 Å².